The van der Waals surface area contributed by atoms with E-state index in [9.17, 15) is 9.50 Å². The van der Waals surface area contributed by atoms with Gasteiger partial charge in [0.15, 0.2) is 17.5 Å². The molecule has 0 bridgehead atoms. The molecule has 2 rings (SSSR count). The Bertz CT molecular complexity index is 516. The van der Waals surface area contributed by atoms with Crippen molar-refractivity contribution in [1.29, 1.82) is 0 Å². The first-order chi connectivity index (χ1) is 10.1. The van der Waals surface area contributed by atoms with E-state index in [1.54, 1.807) is 13.1 Å². The molecule has 1 aromatic carbocycles. The lowest BCUT2D eigenvalue weighted by molar-refractivity contribution is 0.407. The molecule has 1 aliphatic rings. The Morgan fingerprint density at radius 3 is 2.95 bits per heavy atom. The third-order valence-electron chi connectivity index (χ3n) is 3.57. The molecule has 124 valence electrons. The Kier molecular flexibility index (Phi) is 8.30. The predicted octanol–water partition coefficient (Wildman–Crippen LogP) is 3.05. The average molecular weight is 439 g/mol. The van der Waals surface area contributed by atoms with Crippen LogP contribution in [0.4, 0.5) is 4.39 Å². The van der Waals surface area contributed by atoms with Crippen molar-refractivity contribution in [3.05, 3.63) is 29.6 Å². The van der Waals surface area contributed by atoms with Crippen LogP contribution in [0.25, 0.3) is 0 Å². The summed E-state index contributed by atoms with van der Waals surface area (Å²) in [5.74, 6) is 1.04. The molecule has 1 atom stereocenters. The van der Waals surface area contributed by atoms with Crippen LogP contribution in [0.1, 0.15) is 18.9 Å². The van der Waals surface area contributed by atoms with Gasteiger partial charge in [0.1, 0.15) is 0 Å². The molecule has 4 nitrogen and oxygen atoms in total. The van der Waals surface area contributed by atoms with E-state index < -0.39 is 5.82 Å². The van der Waals surface area contributed by atoms with Crippen molar-refractivity contribution in [2.45, 2.75) is 25.1 Å². The van der Waals surface area contributed by atoms with Crippen molar-refractivity contribution < 1.29 is 9.50 Å². The summed E-state index contributed by atoms with van der Waals surface area (Å²) in [4.78, 5) is 6.57. The van der Waals surface area contributed by atoms with E-state index in [-0.39, 0.29) is 29.7 Å². The Balaban J connectivity index is 0.00000242. The molecular formula is C15H23FIN3OS. The van der Waals surface area contributed by atoms with Gasteiger partial charge >= 0.3 is 0 Å². The number of aliphatic imine (C=N–C) groups is 1. The first-order valence-electron chi connectivity index (χ1n) is 7.18. The standard InChI is InChI=1S/C15H22FN3OS.HI/c1-3-12-10-19(6-7-21-12)15(17-2)18-9-11-4-5-14(20)13(16)8-11;/h4-5,8,12,20H,3,6-7,9-10H2,1-2H3,(H,17,18);1H. The predicted molar refractivity (Wildman–Crippen MR) is 102 cm³/mol. The molecule has 0 amide bonds. The van der Waals surface area contributed by atoms with E-state index in [4.69, 9.17) is 0 Å². The molecule has 2 N–H and O–H groups in total. The van der Waals surface area contributed by atoms with Crippen molar-refractivity contribution >= 4 is 41.7 Å². The second-order valence-corrected chi connectivity index (χ2v) is 6.44. The lowest BCUT2D eigenvalue weighted by atomic mass is 10.2. The fourth-order valence-corrected chi connectivity index (χ4v) is 3.51. The third-order valence-corrected chi connectivity index (χ3v) is 4.94. The van der Waals surface area contributed by atoms with Gasteiger partial charge in [0.05, 0.1) is 0 Å². The summed E-state index contributed by atoms with van der Waals surface area (Å²) in [6, 6.07) is 4.43. The molecule has 0 aromatic heterocycles. The number of hydrogen-bond donors (Lipinski definition) is 2. The molecule has 1 aliphatic heterocycles. The maximum atomic E-state index is 13.3. The SMILES string of the molecule is CCC1CN(C(=NC)NCc2ccc(O)c(F)c2)CCS1.I. The number of phenolic OH excluding ortho intramolecular Hbond substituents is 1. The van der Waals surface area contributed by atoms with Crippen LogP contribution < -0.4 is 5.32 Å². The highest BCUT2D eigenvalue weighted by molar-refractivity contribution is 14.0. The van der Waals surface area contributed by atoms with E-state index >= 15 is 0 Å². The monoisotopic (exact) mass is 439 g/mol. The van der Waals surface area contributed by atoms with Crippen LogP contribution in [0, 0.1) is 5.82 Å². The van der Waals surface area contributed by atoms with Crippen molar-refractivity contribution in [1.82, 2.24) is 10.2 Å². The molecule has 7 heteroatoms. The van der Waals surface area contributed by atoms with Crippen LogP contribution in [0.15, 0.2) is 23.2 Å². The topological polar surface area (TPSA) is 47.9 Å². The number of rotatable bonds is 3. The van der Waals surface area contributed by atoms with Gasteiger partial charge in [0, 0.05) is 37.7 Å². The van der Waals surface area contributed by atoms with Crippen molar-refractivity contribution in [3.8, 4) is 5.75 Å². The van der Waals surface area contributed by atoms with Gasteiger partial charge in [0.2, 0.25) is 0 Å². The Morgan fingerprint density at radius 2 is 2.32 bits per heavy atom. The van der Waals surface area contributed by atoms with Gasteiger partial charge < -0.3 is 15.3 Å². The number of nitrogens with zero attached hydrogens (tertiary/aromatic N) is 2. The first-order valence-corrected chi connectivity index (χ1v) is 8.23. The minimum absolute atomic E-state index is 0. The summed E-state index contributed by atoms with van der Waals surface area (Å²) in [5, 5.41) is 13.1. The van der Waals surface area contributed by atoms with Gasteiger partial charge in [-0.3, -0.25) is 4.99 Å². The van der Waals surface area contributed by atoms with Crippen molar-refractivity contribution in [2.24, 2.45) is 4.99 Å². The van der Waals surface area contributed by atoms with E-state index in [0.29, 0.717) is 11.8 Å². The molecule has 0 aliphatic carbocycles. The third kappa shape index (κ3) is 5.19. The number of hydrogen-bond acceptors (Lipinski definition) is 3. The fourth-order valence-electron chi connectivity index (χ4n) is 2.33. The summed E-state index contributed by atoms with van der Waals surface area (Å²) in [6.07, 6.45) is 1.15. The van der Waals surface area contributed by atoms with E-state index in [1.165, 1.54) is 12.1 Å². The van der Waals surface area contributed by atoms with Gasteiger partial charge in [-0.25, -0.2) is 4.39 Å². The van der Waals surface area contributed by atoms with Crippen molar-refractivity contribution in [2.75, 3.05) is 25.9 Å². The molecule has 0 saturated carbocycles. The normalized spacial score (nSPS) is 18.8. The highest BCUT2D eigenvalue weighted by Gasteiger charge is 2.21. The number of guanidine groups is 1. The molecule has 1 saturated heterocycles. The zero-order chi connectivity index (χ0) is 15.2. The Morgan fingerprint density at radius 1 is 1.55 bits per heavy atom. The lowest BCUT2D eigenvalue weighted by Crippen LogP contribution is -2.47. The van der Waals surface area contributed by atoms with Crippen LogP contribution in [0.5, 0.6) is 5.75 Å². The van der Waals surface area contributed by atoms with E-state index in [0.717, 1.165) is 36.8 Å². The van der Waals surface area contributed by atoms with Gasteiger partial charge in [-0.05, 0) is 24.1 Å². The summed E-state index contributed by atoms with van der Waals surface area (Å²) in [6.45, 7) is 4.66. The second-order valence-electron chi connectivity index (χ2n) is 5.03. The summed E-state index contributed by atoms with van der Waals surface area (Å²) in [5.41, 5.74) is 0.782. The number of halogens is 2. The smallest absolute Gasteiger partial charge is 0.193 e. The van der Waals surface area contributed by atoms with Gasteiger partial charge in [-0.1, -0.05) is 13.0 Å². The van der Waals surface area contributed by atoms with Gasteiger partial charge in [-0.15, -0.1) is 24.0 Å². The minimum atomic E-state index is -0.593. The van der Waals surface area contributed by atoms with E-state index in [1.807, 2.05) is 11.8 Å². The first kappa shape index (κ1) is 19.3. The molecule has 22 heavy (non-hydrogen) atoms. The number of phenols is 1. The highest BCUT2D eigenvalue weighted by Crippen LogP contribution is 2.21. The molecule has 0 spiro atoms. The molecule has 1 unspecified atom stereocenters. The maximum Gasteiger partial charge on any atom is 0.193 e. The summed E-state index contributed by atoms with van der Waals surface area (Å²) >= 11 is 2.01. The summed E-state index contributed by atoms with van der Waals surface area (Å²) in [7, 11) is 1.77. The quantitative estimate of drug-likeness (QED) is 0.432. The largest absolute Gasteiger partial charge is 0.505 e. The Hall–Kier alpha value is -0.700. The van der Waals surface area contributed by atoms with Gasteiger partial charge in [-0.2, -0.15) is 11.8 Å². The number of benzene rings is 1. The molecular weight excluding hydrogens is 416 g/mol. The number of thioether (sulfide) groups is 1. The van der Waals surface area contributed by atoms with Crippen LogP contribution in [0.2, 0.25) is 0 Å². The number of aromatic hydroxyl groups is 1. The average Bonchev–Trinajstić information content (AvgIpc) is 2.51. The van der Waals surface area contributed by atoms with Crippen LogP contribution in [0.3, 0.4) is 0 Å². The zero-order valence-corrected chi connectivity index (χ0v) is 16.0. The highest BCUT2D eigenvalue weighted by atomic mass is 127. The van der Waals surface area contributed by atoms with E-state index in [2.05, 4.69) is 22.1 Å². The lowest BCUT2D eigenvalue weighted by Gasteiger charge is -2.34. The molecule has 1 aromatic rings. The minimum Gasteiger partial charge on any atom is -0.505 e. The van der Waals surface area contributed by atoms with Gasteiger partial charge in [0.25, 0.3) is 0 Å². The maximum absolute atomic E-state index is 13.3. The van der Waals surface area contributed by atoms with Crippen molar-refractivity contribution in [3.63, 3.8) is 0 Å². The summed E-state index contributed by atoms with van der Waals surface area (Å²) < 4.78 is 13.3. The van der Waals surface area contributed by atoms with Crippen LogP contribution >= 0.6 is 35.7 Å². The zero-order valence-electron chi connectivity index (χ0n) is 12.9. The second kappa shape index (κ2) is 9.44. The molecule has 1 fully saturated rings. The molecule has 0 radical (unpaired) electrons. The molecule has 1 heterocycles. The van der Waals surface area contributed by atoms with Crippen LogP contribution in [-0.4, -0.2) is 47.1 Å². The van der Waals surface area contributed by atoms with Crippen LogP contribution in [-0.2, 0) is 6.54 Å². The fraction of sp³-hybridized carbons (Fsp3) is 0.533. The number of nitrogens with one attached hydrogen (secondary N) is 1. The Labute approximate surface area is 152 Å².